The average Bonchev–Trinajstić information content (AvgIpc) is 2.80. The number of rotatable bonds is 6. The number of thiophene rings is 1. The molecule has 1 aromatic heterocycles. The first kappa shape index (κ1) is 14.7. The van der Waals surface area contributed by atoms with Gasteiger partial charge in [-0.25, -0.2) is 9.59 Å². The van der Waals surface area contributed by atoms with E-state index in [2.05, 4.69) is 10.6 Å². The third-order valence-electron chi connectivity index (χ3n) is 1.98. The van der Waals surface area contributed by atoms with E-state index in [1.807, 2.05) is 0 Å². The van der Waals surface area contributed by atoms with E-state index in [1.54, 1.807) is 11.4 Å². The number of aliphatic carboxylic acids is 1. The fourth-order valence-corrected chi connectivity index (χ4v) is 1.96. The van der Waals surface area contributed by atoms with Gasteiger partial charge < -0.3 is 21.5 Å². The van der Waals surface area contributed by atoms with Gasteiger partial charge >= 0.3 is 12.0 Å². The number of carboxylic acid groups (broad SMARTS) is 1. The summed E-state index contributed by atoms with van der Waals surface area (Å²) in [6.45, 7) is 0.509. The molecule has 0 aliphatic heterocycles. The molecule has 1 heterocycles. The molecular formula is C11H13N3O4S. The van der Waals surface area contributed by atoms with Crippen molar-refractivity contribution < 1.29 is 19.5 Å². The van der Waals surface area contributed by atoms with Crippen LogP contribution in [0.4, 0.5) is 4.79 Å². The second kappa shape index (κ2) is 7.17. The van der Waals surface area contributed by atoms with Crippen molar-refractivity contribution in [2.75, 3.05) is 13.1 Å². The van der Waals surface area contributed by atoms with Gasteiger partial charge in [0.05, 0.1) is 5.56 Å². The van der Waals surface area contributed by atoms with E-state index >= 15 is 0 Å². The molecule has 0 atom stereocenters. The number of nitrogens with one attached hydrogen (secondary N) is 2. The lowest BCUT2D eigenvalue weighted by Gasteiger charge is -2.03. The molecule has 0 aromatic carbocycles. The van der Waals surface area contributed by atoms with Crippen LogP contribution >= 0.6 is 11.3 Å². The first-order valence-electron chi connectivity index (χ1n) is 5.30. The molecule has 0 unspecified atom stereocenters. The molecule has 7 nitrogen and oxygen atoms in total. The number of hydrogen-bond acceptors (Lipinski definition) is 4. The van der Waals surface area contributed by atoms with E-state index in [1.165, 1.54) is 17.4 Å². The number of urea groups is 1. The number of amides is 3. The topological polar surface area (TPSA) is 122 Å². The van der Waals surface area contributed by atoms with Crippen molar-refractivity contribution in [1.82, 2.24) is 10.6 Å². The lowest BCUT2D eigenvalue weighted by atomic mass is 10.3. The van der Waals surface area contributed by atoms with Gasteiger partial charge in [-0.15, -0.1) is 11.3 Å². The zero-order valence-electron chi connectivity index (χ0n) is 9.88. The molecule has 0 aliphatic carbocycles. The van der Waals surface area contributed by atoms with Crippen LogP contribution in [0.2, 0.25) is 0 Å². The number of hydrogen-bond donors (Lipinski definition) is 4. The maximum atomic E-state index is 11.7. The van der Waals surface area contributed by atoms with Gasteiger partial charge in [0.15, 0.2) is 0 Å². The predicted octanol–water partition coefficient (Wildman–Crippen LogP) is 0.244. The van der Waals surface area contributed by atoms with Crippen molar-refractivity contribution in [1.29, 1.82) is 0 Å². The largest absolute Gasteiger partial charge is 0.478 e. The van der Waals surface area contributed by atoms with Crippen LogP contribution in [0.25, 0.3) is 6.08 Å². The van der Waals surface area contributed by atoms with Crippen molar-refractivity contribution in [3.05, 3.63) is 28.0 Å². The Balaban J connectivity index is 2.45. The Morgan fingerprint density at radius 3 is 2.63 bits per heavy atom. The molecule has 8 heteroatoms. The summed E-state index contributed by atoms with van der Waals surface area (Å²) in [5, 5.41) is 15.0. The predicted molar refractivity (Wildman–Crippen MR) is 70.9 cm³/mol. The standard InChI is InChI=1S/C11H13N3O4S/c12-11(18)14-4-3-13-10(17)7-5-8(19-6-7)1-2-9(15)16/h1-2,5-6H,3-4H2,(H,13,17)(H,15,16)(H3,12,14,18)/b2-1+. The maximum Gasteiger partial charge on any atom is 0.328 e. The van der Waals surface area contributed by atoms with Crippen molar-refractivity contribution in [2.24, 2.45) is 5.73 Å². The molecule has 0 aliphatic rings. The molecule has 5 N–H and O–H groups in total. The summed E-state index contributed by atoms with van der Waals surface area (Å²) >= 11 is 1.26. The normalized spacial score (nSPS) is 10.3. The molecule has 1 rings (SSSR count). The molecule has 0 saturated heterocycles. The molecule has 0 radical (unpaired) electrons. The minimum atomic E-state index is -1.04. The third-order valence-corrected chi connectivity index (χ3v) is 2.88. The summed E-state index contributed by atoms with van der Waals surface area (Å²) in [6.07, 6.45) is 2.42. The van der Waals surface area contributed by atoms with E-state index in [4.69, 9.17) is 10.8 Å². The van der Waals surface area contributed by atoms with E-state index in [-0.39, 0.29) is 19.0 Å². The Hall–Kier alpha value is -2.35. The number of carbonyl (C=O) groups excluding carboxylic acids is 2. The van der Waals surface area contributed by atoms with Crippen molar-refractivity contribution in [3.8, 4) is 0 Å². The Bertz CT molecular complexity index is 510. The minimum absolute atomic E-state index is 0.247. The van der Waals surface area contributed by atoms with Crippen LogP contribution in [0.15, 0.2) is 17.5 Å². The highest BCUT2D eigenvalue weighted by Gasteiger charge is 2.07. The van der Waals surface area contributed by atoms with Crippen LogP contribution in [0, 0.1) is 0 Å². The lowest BCUT2D eigenvalue weighted by molar-refractivity contribution is -0.131. The molecule has 1 aromatic rings. The Morgan fingerprint density at radius 2 is 2.00 bits per heavy atom. The van der Waals surface area contributed by atoms with E-state index in [0.717, 1.165) is 6.08 Å². The molecule has 3 amide bonds. The smallest absolute Gasteiger partial charge is 0.328 e. The van der Waals surface area contributed by atoms with E-state index < -0.39 is 12.0 Å². The van der Waals surface area contributed by atoms with Gasteiger partial charge in [0, 0.05) is 29.4 Å². The first-order valence-corrected chi connectivity index (χ1v) is 6.18. The van der Waals surface area contributed by atoms with E-state index in [9.17, 15) is 14.4 Å². The van der Waals surface area contributed by atoms with Crippen LogP contribution < -0.4 is 16.4 Å². The Labute approximate surface area is 113 Å². The SMILES string of the molecule is NC(=O)NCCNC(=O)c1csc(/C=C/C(=O)O)c1. The fourth-order valence-electron chi connectivity index (χ4n) is 1.18. The zero-order valence-corrected chi connectivity index (χ0v) is 10.7. The summed E-state index contributed by atoms with van der Waals surface area (Å²) in [7, 11) is 0. The van der Waals surface area contributed by atoms with Gasteiger partial charge in [0.2, 0.25) is 0 Å². The van der Waals surface area contributed by atoms with E-state index in [0.29, 0.717) is 10.4 Å². The number of nitrogens with two attached hydrogens (primary N) is 1. The van der Waals surface area contributed by atoms with Crippen molar-refractivity contribution in [2.45, 2.75) is 0 Å². The van der Waals surface area contributed by atoms with Crippen LogP contribution in [0.5, 0.6) is 0 Å². The second-order valence-corrected chi connectivity index (χ2v) is 4.40. The fraction of sp³-hybridized carbons (Fsp3) is 0.182. The van der Waals surface area contributed by atoms with Crippen LogP contribution in [-0.2, 0) is 4.79 Å². The van der Waals surface area contributed by atoms with Gasteiger partial charge in [0.25, 0.3) is 5.91 Å². The molecule has 0 bridgehead atoms. The molecule has 0 fully saturated rings. The average molecular weight is 283 g/mol. The lowest BCUT2D eigenvalue weighted by Crippen LogP contribution is -2.37. The summed E-state index contributed by atoms with van der Waals surface area (Å²) < 4.78 is 0. The number of primary amides is 1. The molecule has 102 valence electrons. The number of carbonyl (C=O) groups is 3. The van der Waals surface area contributed by atoms with Gasteiger partial charge in [-0.1, -0.05) is 0 Å². The maximum absolute atomic E-state index is 11.7. The summed E-state index contributed by atoms with van der Waals surface area (Å²) in [5.41, 5.74) is 5.30. The van der Waals surface area contributed by atoms with Gasteiger partial charge in [-0.2, -0.15) is 0 Å². The quantitative estimate of drug-likeness (QED) is 0.441. The van der Waals surface area contributed by atoms with Crippen LogP contribution in [-0.4, -0.2) is 36.1 Å². The van der Waals surface area contributed by atoms with Gasteiger partial charge in [-0.05, 0) is 12.1 Å². The molecule has 19 heavy (non-hydrogen) atoms. The summed E-state index contributed by atoms with van der Waals surface area (Å²) in [4.78, 5) is 33.0. The van der Waals surface area contributed by atoms with Crippen LogP contribution in [0.1, 0.15) is 15.2 Å². The monoisotopic (exact) mass is 283 g/mol. The summed E-state index contributed by atoms with van der Waals surface area (Å²) in [5.74, 6) is -1.34. The van der Waals surface area contributed by atoms with Crippen molar-refractivity contribution >= 4 is 35.3 Å². The molecule has 0 spiro atoms. The van der Waals surface area contributed by atoms with Crippen LogP contribution in [0.3, 0.4) is 0 Å². The zero-order chi connectivity index (χ0) is 14.3. The second-order valence-electron chi connectivity index (χ2n) is 3.46. The highest BCUT2D eigenvalue weighted by Crippen LogP contribution is 2.16. The first-order chi connectivity index (χ1) is 8.99. The van der Waals surface area contributed by atoms with Crippen molar-refractivity contribution in [3.63, 3.8) is 0 Å². The van der Waals surface area contributed by atoms with Gasteiger partial charge in [-0.3, -0.25) is 4.79 Å². The van der Waals surface area contributed by atoms with Gasteiger partial charge in [0.1, 0.15) is 0 Å². The summed E-state index contributed by atoms with van der Waals surface area (Å²) in [6, 6.07) is 0.937. The third kappa shape index (κ3) is 5.68. The number of carboxylic acids is 1. The Kier molecular flexibility index (Phi) is 5.55. The minimum Gasteiger partial charge on any atom is -0.478 e. The molecular weight excluding hydrogens is 270 g/mol. The highest BCUT2D eigenvalue weighted by atomic mass is 32.1. The molecule has 0 saturated carbocycles. The highest BCUT2D eigenvalue weighted by molar-refractivity contribution is 7.11. The Morgan fingerprint density at radius 1 is 1.32 bits per heavy atom.